The highest BCUT2D eigenvalue weighted by molar-refractivity contribution is 5.86. The third-order valence-corrected chi connectivity index (χ3v) is 3.32. The van der Waals surface area contributed by atoms with E-state index in [-0.39, 0.29) is 24.6 Å². The Kier molecular flexibility index (Phi) is 7.46. The van der Waals surface area contributed by atoms with Gasteiger partial charge >= 0.3 is 12.1 Å². The Morgan fingerprint density at radius 1 is 0.929 bits per heavy atom. The Hall–Kier alpha value is -3.95. The molecule has 28 heavy (non-hydrogen) atoms. The fraction of sp³-hybridized carbons (Fsp3) is 0.167. The lowest BCUT2D eigenvalue weighted by molar-refractivity contribution is -0.384. The van der Waals surface area contributed by atoms with Gasteiger partial charge in [-0.25, -0.2) is 9.59 Å². The SMILES string of the molecule is O=C(CNC(=O)OCc1ccccc1)NCC(=O)Oc1ccc([N+](=O)[O-])cc1. The number of carbonyl (C=O) groups excluding carboxylic acids is 3. The van der Waals surface area contributed by atoms with E-state index in [1.165, 1.54) is 24.3 Å². The quantitative estimate of drug-likeness (QED) is 0.303. The van der Waals surface area contributed by atoms with Crippen molar-refractivity contribution < 1.29 is 28.8 Å². The molecule has 2 aromatic carbocycles. The van der Waals surface area contributed by atoms with Crippen LogP contribution in [-0.4, -0.2) is 36.0 Å². The van der Waals surface area contributed by atoms with E-state index in [0.29, 0.717) is 0 Å². The minimum absolute atomic E-state index is 0.0653. The zero-order valence-electron chi connectivity index (χ0n) is 14.6. The van der Waals surface area contributed by atoms with Crippen LogP contribution < -0.4 is 15.4 Å². The van der Waals surface area contributed by atoms with Crippen molar-refractivity contribution >= 4 is 23.7 Å². The maximum Gasteiger partial charge on any atom is 0.407 e. The van der Waals surface area contributed by atoms with Crippen LogP contribution >= 0.6 is 0 Å². The van der Waals surface area contributed by atoms with Crippen molar-refractivity contribution in [1.82, 2.24) is 10.6 Å². The molecule has 0 bridgehead atoms. The molecule has 10 heteroatoms. The molecular formula is C18H17N3O7. The number of carbonyl (C=O) groups is 3. The van der Waals surface area contributed by atoms with Crippen LogP contribution in [0, 0.1) is 10.1 Å². The molecule has 0 aliphatic carbocycles. The molecule has 0 heterocycles. The number of non-ortho nitro benzene ring substituents is 1. The molecule has 2 rings (SSSR count). The fourth-order valence-corrected chi connectivity index (χ4v) is 1.96. The summed E-state index contributed by atoms with van der Waals surface area (Å²) >= 11 is 0. The number of amides is 2. The van der Waals surface area contributed by atoms with E-state index in [1.807, 2.05) is 6.07 Å². The summed E-state index contributed by atoms with van der Waals surface area (Å²) in [6.45, 7) is -0.745. The first-order valence-corrected chi connectivity index (χ1v) is 8.10. The van der Waals surface area contributed by atoms with E-state index < -0.39 is 29.4 Å². The molecule has 0 unspecified atom stereocenters. The summed E-state index contributed by atoms with van der Waals surface area (Å²) < 4.78 is 9.86. The summed E-state index contributed by atoms with van der Waals surface area (Å²) in [6, 6.07) is 13.9. The molecule has 0 atom stereocenters. The first-order chi connectivity index (χ1) is 13.4. The van der Waals surface area contributed by atoms with Crippen LogP contribution in [0.15, 0.2) is 54.6 Å². The molecule has 146 valence electrons. The van der Waals surface area contributed by atoms with Gasteiger partial charge in [0, 0.05) is 12.1 Å². The molecular weight excluding hydrogens is 370 g/mol. The Labute approximate surface area is 159 Å². The summed E-state index contributed by atoms with van der Waals surface area (Å²) in [5.41, 5.74) is 0.661. The molecule has 0 radical (unpaired) electrons. The van der Waals surface area contributed by atoms with Crippen LogP contribution in [0.2, 0.25) is 0 Å². The largest absolute Gasteiger partial charge is 0.445 e. The first-order valence-electron chi connectivity index (χ1n) is 8.10. The second-order valence-electron chi connectivity index (χ2n) is 5.42. The van der Waals surface area contributed by atoms with Gasteiger partial charge in [-0.1, -0.05) is 30.3 Å². The second kappa shape index (κ2) is 10.3. The summed E-state index contributed by atoms with van der Waals surface area (Å²) in [5, 5.41) is 15.1. The number of nitrogens with zero attached hydrogens (tertiary/aromatic N) is 1. The molecule has 0 aliphatic heterocycles. The van der Waals surface area contributed by atoms with Crippen molar-refractivity contribution in [2.24, 2.45) is 0 Å². The molecule has 0 spiro atoms. The van der Waals surface area contributed by atoms with E-state index >= 15 is 0 Å². The molecule has 0 saturated carbocycles. The number of esters is 1. The third-order valence-electron chi connectivity index (χ3n) is 3.32. The highest BCUT2D eigenvalue weighted by Crippen LogP contribution is 2.17. The Morgan fingerprint density at radius 3 is 2.25 bits per heavy atom. The van der Waals surface area contributed by atoms with E-state index in [4.69, 9.17) is 9.47 Å². The van der Waals surface area contributed by atoms with Gasteiger partial charge in [0.1, 0.15) is 25.4 Å². The molecule has 2 N–H and O–H groups in total. The molecule has 10 nitrogen and oxygen atoms in total. The highest BCUT2D eigenvalue weighted by Gasteiger charge is 2.11. The first kappa shape index (κ1) is 20.4. The average Bonchev–Trinajstić information content (AvgIpc) is 2.70. The molecule has 0 fully saturated rings. The van der Waals surface area contributed by atoms with Gasteiger partial charge in [-0.15, -0.1) is 0 Å². The minimum Gasteiger partial charge on any atom is -0.445 e. The molecule has 2 aromatic rings. The smallest absolute Gasteiger partial charge is 0.407 e. The Morgan fingerprint density at radius 2 is 1.61 bits per heavy atom. The number of nitrogens with one attached hydrogen (secondary N) is 2. The maximum atomic E-state index is 11.7. The van der Waals surface area contributed by atoms with Crippen molar-refractivity contribution in [1.29, 1.82) is 0 Å². The third kappa shape index (κ3) is 7.12. The molecule has 2 amide bonds. The monoisotopic (exact) mass is 387 g/mol. The number of ether oxygens (including phenoxy) is 2. The average molecular weight is 387 g/mol. The lowest BCUT2D eigenvalue weighted by Gasteiger charge is -2.08. The van der Waals surface area contributed by atoms with Crippen LogP contribution in [0.3, 0.4) is 0 Å². The fourth-order valence-electron chi connectivity index (χ4n) is 1.96. The van der Waals surface area contributed by atoms with Gasteiger partial charge in [0.15, 0.2) is 0 Å². The van der Waals surface area contributed by atoms with E-state index in [2.05, 4.69) is 10.6 Å². The normalized spacial score (nSPS) is 9.86. The number of hydrogen-bond donors (Lipinski definition) is 2. The van der Waals surface area contributed by atoms with Crippen molar-refractivity contribution in [3.05, 3.63) is 70.3 Å². The van der Waals surface area contributed by atoms with Gasteiger partial charge in [0.2, 0.25) is 5.91 Å². The summed E-state index contributed by atoms with van der Waals surface area (Å²) in [5.74, 6) is -1.28. The number of hydrogen-bond acceptors (Lipinski definition) is 7. The van der Waals surface area contributed by atoms with Gasteiger partial charge in [-0.2, -0.15) is 0 Å². The van der Waals surface area contributed by atoms with Crippen LogP contribution in [0.25, 0.3) is 0 Å². The number of nitro benzene ring substituents is 1. The van der Waals surface area contributed by atoms with Crippen molar-refractivity contribution in [3.63, 3.8) is 0 Å². The molecule has 0 aromatic heterocycles. The van der Waals surface area contributed by atoms with Gasteiger partial charge < -0.3 is 20.1 Å². The van der Waals surface area contributed by atoms with Gasteiger partial charge in [0.05, 0.1) is 4.92 Å². The Balaban J connectivity index is 1.63. The number of nitro groups is 1. The van der Waals surface area contributed by atoms with Crippen LogP contribution in [0.5, 0.6) is 5.75 Å². The predicted molar refractivity (Wildman–Crippen MR) is 96.4 cm³/mol. The lowest BCUT2D eigenvalue weighted by Crippen LogP contribution is -2.40. The van der Waals surface area contributed by atoms with Gasteiger partial charge in [-0.3, -0.25) is 14.9 Å². The topological polar surface area (TPSA) is 137 Å². The van der Waals surface area contributed by atoms with Crippen LogP contribution in [0.4, 0.5) is 10.5 Å². The predicted octanol–water partition coefficient (Wildman–Crippen LogP) is 1.54. The standard InChI is InChI=1S/C18H17N3O7/c22-16(10-20-18(24)27-12-13-4-2-1-3-5-13)19-11-17(23)28-15-8-6-14(7-9-15)21(25)26/h1-9H,10-12H2,(H,19,22)(H,20,24). The van der Waals surface area contributed by atoms with E-state index in [1.54, 1.807) is 24.3 Å². The van der Waals surface area contributed by atoms with Crippen molar-refractivity contribution in [3.8, 4) is 5.75 Å². The Bertz CT molecular complexity index is 838. The molecule has 0 aliphatic rings. The maximum absolute atomic E-state index is 11.7. The van der Waals surface area contributed by atoms with Crippen molar-refractivity contribution in [2.45, 2.75) is 6.61 Å². The summed E-state index contributed by atoms with van der Waals surface area (Å²) in [7, 11) is 0. The summed E-state index contributed by atoms with van der Waals surface area (Å²) in [6.07, 6.45) is -0.771. The van der Waals surface area contributed by atoms with E-state index in [9.17, 15) is 24.5 Å². The van der Waals surface area contributed by atoms with Gasteiger partial charge in [-0.05, 0) is 17.7 Å². The number of rotatable bonds is 8. The lowest BCUT2D eigenvalue weighted by atomic mass is 10.2. The van der Waals surface area contributed by atoms with Gasteiger partial charge in [0.25, 0.3) is 5.69 Å². The molecule has 0 saturated heterocycles. The number of benzene rings is 2. The zero-order chi connectivity index (χ0) is 20.4. The van der Waals surface area contributed by atoms with Crippen LogP contribution in [0.1, 0.15) is 5.56 Å². The zero-order valence-corrected chi connectivity index (χ0v) is 14.6. The second-order valence-corrected chi connectivity index (χ2v) is 5.42. The van der Waals surface area contributed by atoms with Crippen molar-refractivity contribution in [2.75, 3.05) is 13.1 Å². The highest BCUT2D eigenvalue weighted by atomic mass is 16.6. The summed E-state index contributed by atoms with van der Waals surface area (Å²) in [4.78, 5) is 44.8. The number of alkyl carbamates (subject to hydrolysis) is 1. The van der Waals surface area contributed by atoms with E-state index in [0.717, 1.165) is 5.56 Å². The minimum atomic E-state index is -0.771. The van der Waals surface area contributed by atoms with Crippen LogP contribution in [-0.2, 0) is 20.9 Å².